The van der Waals surface area contributed by atoms with E-state index in [0.717, 1.165) is 0 Å². The smallest absolute Gasteiger partial charge is 0.0318 e. The fraction of sp³-hybridized carbons (Fsp3) is 1.00. The largest absolute Gasteiger partial charge is 0.0499 e. The Morgan fingerprint density at radius 2 is 0.692 bits per heavy atom. The molecule has 9 saturated carbocycles. The normalized spacial score (nSPS) is 75.7. The van der Waals surface area contributed by atoms with Gasteiger partial charge in [-0.3, -0.25) is 0 Å². The SMILES string of the molecule is C1CC2CC1C1CC3C(CC21)C1CC3C2C3CC(C4C5CCC(C5)C34)C12. The summed E-state index contributed by atoms with van der Waals surface area (Å²) in [4.78, 5) is 0. The van der Waals surface area contributed by atoms with E-state index in [1.165, 1.54) is 94.7 Å². The second kappa shape index (κ2) is 4.28. The zero-order valence-electron chi connectivity index (χ0n) is 16.3. The zero-order valence-corrected chi connectivity index (χ0v) is 16.3. The highest BCUT2D eigenvalue weighted by atomic mass is 14.8. The Balaban J connectivity index is 1.09. The van der Waals surface area contributed by atoms with Gasteiger partial charge in [-0.05, 0) is 159 Å². The molecule has 0 heteroatoms. The maximum absolute atomic E-state index is 1.72. The quantitative estimate of drug-likeness (QED) is 0.480. The standard InChI is InChI=1S/C26H36/c1-2-12-5-11(1)15-7-17-18(8-16(12)15)20-9-19(17)25-21-10-22(26(20)25)24-14-4-3-13(6-14)23(21)24/h11-26H,1-10H2. The second-order valence-electron chi connectivity index (χ2n) is 13.2. The summed E-state index contributed by atoms with van der Waals surface area (Å²) in [6.45, 7) is 0. The molecule has 0 aromatic heterocycles. The fourth-order valence-corrected chi connectivity index (χ4v) is 13.7. The first-order valence-electron chi connectivity index (χ1n) is 12.9. The maximum atomic E-state index is 1.72. The number of hydrogen-bond donors (Lipinski definition) is 0. The van der Waals surface area contributed by atoms with Gasteiger partial charge in [0.25, 0.3) is 0 Å². The lowest BCUT2D eigenvalue weighted by molar-refractivity contribution is -0.0529. The molecule has 0 radical (unpaired) electrons. The molecule has 0 saturated heterocycles. The summed E-state index contributed by atoms with van der Waals surface area (Å²) in [7, 11) is 0. The van der Waals surface area contributed by atoms with Crippen molar-refractivity contribution in [2.75, 3.05) is 0 Å². The van der Waals surface area contributed by atoms with Crippen LogP contribution in [0.1, 0.15) is 64.2 Å². The van der Waals surface area contributed by atoms with Gasteiger partial charge in [0.15, 0.2) is 0 Å². The highest BCUT2D eigenvalue weighted by Gasteiger charge is 2.74. The summed E-state index contributed by atoms with van der Waals surface area (Å²) in [5.74, 6) is 19.6. The molecule has 9 rings (SSSR count). The van der Waals surface area contributed by atoms with E-state index in [0.29, 0.717) is 0 Å². The molecule has 9 aliphatic rings. The predicted octanol–water partition coefficient (Wildman–Crippen LogP) is 5.87. The molecule has 0 aromatic rings. The second-order valence-corrected chi connectivity index (χ2v) is 13.2. The van der Waals surface area contributed by atoms with Crippen molar-refractivity contribution in [1.82, 2.24) is 0 Å². The molecular formula is C26H36. The maximum Gasteiger partial charge on any atom is -0.0318 e. The summed E-state index contributed by atoms with van der Waals surface area (Å²) in [6, 6.07) is 0. The topological polar surface area (TPSA) is 0 Å². The van der Waals surface area contributed by atoms with E-state index in [4.69, 9.17) is 0 Å². The van der Waals surface area contributed by atoms with E-state index in [1.54, 1.807) is 64.2 Å². The van der Waals surface area contributed by atoms with Crippen LogP contribution in [0.15, 0.2) is 0 Å². The third-order valence-electron chi connectivity index (χ3n) is 13.6. The van der Waals surface area contributed by atoms with Crippen LogP contribution in [-0.2, 0) is 0 Å². The minimum Gasteiger partial charge on any atom is -0.0499 e. The van der Waals surface area contributed by atoms with Crippen molar-refractivity contribution < 1.29 is 0 Å². The molecular weight excluding hydrogens is 312 g/mol. The minimum absolute atomic E-state index is 1.19. The average Bonchev–Trinajstić information content (AvgIpc) is 3.50. The van der Waals surface area contributed by atoms with Crippen molar-refractivity contribution in [2.24, 2.45) is 94.7 Å². The summed E-state index contributed by atoms with van der Waals surface area (Å²) < 4.78 is 0. The molecule has 9 fully saturated rings. The van der Waals surface area contributed by atoms with Crippen LogP contribution in [0.3, 0.4) is 0 Å². The van der Waals surface area contributed by atoms with Gasteiger partial charge >= 0.3 is 0 Å². The van der Waals surface area contributed by atoms with Gasteiger partial charge in [-0.25, -0.2) is 0 Å². The van der Waals surface area contributed by atoms with E-state index in [2.05, 4.69) is 0 Å². The Bertz CT molecular complexity index is 626. The van der Waals surface area contributed by atoms with Crippen molar-refractivity contribution in [3.05, 3.63) is 0 Å². The van der Waals surface area contributed by atoms with Crippen LogP contribution in [0.25, 0.3) is 0 Å². The molecule has 0 N–H and O–H groups in total. The van der Waals surface area contributed by atoms with Crippen LogP contribution in [-0.4, -0.2) is 0 Å². The van der Waals surface area contributed by atoms with E-state index in [1.807, 2.05) is 0 Å². The summed E-state index contributed by atoms with van der Waals surface area (Å²) in [6.07, 6.45) is 16.8. The Labute approximate surface area is 159 Å². The molecule has 0 amide bonds. The fourth-order valence-electron chi connectivity index (χ4n) is 13.7. The van der Waals surface area contributed by atoms with Crippen LogP contribution in [0.5, 0.6) is 0 Å². The molecule has 140 valence electrons. The van der Waals surface area contributed by atoms with E-state index in [9.17, 15) is 0 Å². The lowest BCUT2D eigenvalue weighted by atomic mass is 9.52. The van der Waals surface area contributed by atoms with Crippen molar-refractivity contribution in [2.45, 2.75) is 64.2 Å². The van der Waals surface area contributed by atoms with Crippen LogP contribution >= 0.6 is 0 Å². The molecule has 16 unspecified atom stereocenters. The van der Waals surface area contributed by atoms with Gasteiger partial charge in [0.2, 0.25) is 0 Å². The molecule has 0 heterocycles. The van der Waals surface area contributed by atoms with Crippen molar-refractivity contribution >= 4 is 0 Å². The third kappa shape index (κ3) is 1.32. The highest BCUT2D eigenvalue weighted by Crippen LogP contribution is 2.80. The minimum atomic E-state index is 1.19. The Morgan fingerprint density at radius 3 is 1.27 bits per heavy atom. The van der Waals surface area contributed by atoms with Gasteiger partial charge in [-0.2, -0.15) is 0 Å². The van der Waals surface area contributed by atoms with Crippen LogP contribution in [0.2, 0.25) is 0 Å². The molecule has 26 heavy (non-hydrogen) atoms. The lowest BCUT2D eigenvalue weighted by Gasteiger charge is -2.53. The zero-order chi connectivity index (χ0) is 16.3. The molecule has 0 nitrogen and oxygen atoms in total. The Morgan fingerprint density at radius 1 is 0.269 bits per heavy atom. The van der Waals surface area contributed by atoms with Gasteiger partial charge in [0.1, 0.15) is 0 Å². The monoisotopic (exact) mass is 348 g/mol. The van der Waals surface area contributed by atoms with Crippen molar-refractivity contribution in [3.8, 4) is 0 Å². The van der Waals surface area contributed by atoms with E-state index < -0.39 is 0 Å². The first kappa shape index (κ1) is 14.1. The van der Waals surface area contributed by atoms with Crippen LogP contribution in [0, 0.1) is 94.7 Å². The first-order chi connectivity index (χ1) is 12.9. The molecule has 8 bridgehead atoms. The highest BCUT2D eigenvalue weighted by molar-refractivity contribution is 5.22. The first-order valence-corrected chi connectivity index (χ1v) is 12.9. The molecule has 0 aromatic carbocycles. The number of rotatable bonds is 0. The molecule has 9 aliphatic carbocycles. The third-order valence-corrected chi connectivity index (χ3v) is 13.6. The summed E-state index contributed by atoms with van der Waals surface area (Å²) in [5, 5.41) is 0. The number of fused-ring (bicyclic) bond motifs is 24. The Hall–Kier alpha value is 0. The van der Waals surface area contributed by atoms with Gasteiger partial charge in [-0.15, -0.1) is 0 Å². The van der Waals surface area contributed by atoms with Crippen LogP contribution in [0.4, 0.5) is 0 Å². The van der Waals surface area contributed by atoms with Crippen molar-refractivity contribution in [1.29, 1.82) is 0 Å². The summed E-state index contributed by atoms with van der Waals surface area (Å²) in [5.41, 5.74) is 0. The van der Waals surface area contributed by atoms with Gasteiger partial charge in [-0.1, -0.05) is 0 Å². The predicted molar refractivity (Wildman–Crippen MR) is 102 cm³/mol. The molecule has 0 aliphatic heterocycles. The van der Waals surface area contributed by atoms with E-state index in [-0.39, 0.29) is 0 Å². The van der Waals surface area contributed by atoms with Gasteiger partial charge in [0, 0.05) is 0 Å². The van der Waals surface area contributed by atoms with Gasteiger partial charge in [0.05, 0.1) is 0 Å². The Kier molecular flexibility index (Phi) is 2.31. The lowest BCUT2D eigenvalue weighted by Crippen LogP contribution is -2.48. The molecule has 0 spiro atoms. The van der Waals surface area contributed by atoms with E-state index >= 15 is 0 Å². The van der Waals surface area contributed by atoms with Crippen molar-refractivity contribution in [3.63, 3.8) is 0 Å². The van der Waals surface area contributed by atoms with Gasteiger partial charge < -0.3 is 0 Å². The van der Waals surface area contributed by atoms with Crippen LogP contribution < -0.4 is 0 Å². The molecule has 16 atom stereocenters. The average molecular weight is 349 g/mol. The number of hydrogen-bond acceptors (Lipinski definition) is 0. The summed E-state index contributed by atoms with van der Waals surface area (Å²) >= 11 is 0.